The van der Waals surface area contributed by atoms with E-state index in [4.69, 9.17) is 21.1 Å². The minimum Gasteiger partial charge on any atom is -0.467 e. The Labute approximate surface area is 130 Å². The average molecular weight is 318 g/mol. The molecule has 2 aliphatic rings. The summed E-state index contributed by atoms with van der Waals surface area (Å²) in [6.45, 7) is 6.03. The number of nitrogens with zero attached hydrogens (tertiary/aromatic N) is 1. The normalized spacial score (nSPS) is 30.8. The zero-order valence-corrected chi connectivity index (χ0v) is 13.9. The molecule has 5 nitrogen and oxygen atoms in total. The Balaban J connectivity index is 2.26. The van der Waals surface area contributed by atoms with Crippen molar-refractivity contribution in [2.24, 2.45) is 11.8 Å². The highest BCUT2D eigenvalue weighted by atomic mass is 35.5. The van der Waals surface area contributed by atoms with Gasteiger partial charge in [0.15, 0.2) is 0 Å². The van der Waals surface area contributed by atoms with Gasteiger partial charge in [0.2, 0.25) is 0 Å². The lowest BCUT2D eigenvalue weighted by Gasteiger charge is -2.39. The molecule has 0 radical (unpaired) electrons. The van der Waals surface area contributed by atoms with Crippen LogP contribution in [0.2, 0.25) is 0 Å². The standard InChI is InChI=1S/C15H24ClNO4/c1-14(2,3)21-13(19)17-9-10-8-11(10)15(17,6-5-7-16)12(18)20-4/h10-11H,5-9H2,1-4H3/t10-,11-,15?/m1/s1. The van der Waals surface area contributed by atoms with Gasteiger partial charge in [-0.2, -0.15) is 0 Å². The second-order valence-corrected chi connectivity index (χ2v) is 7.28. The number of halogens is 1. The molecule has 2 fully saturated rings. The molecule has 1 saturated heterocycles. The molecule has 2 rings (SSSR count). The predicted molar refractivity (Wildman–Crippen MR) is 79.2 cm³/mol. The van der Waals surface area contributed by atoms with Crippen LogP contribution < -0.4 is 0 Å². The molecule has 0 aromatic heterocycles. The van der Waals surface area contributed by atoms with Gasteiger partial charge in [0.05, 0.1) is 7.11 Å². The third-order valence-corrected chi connectivity index (χ3v) is 4.55. The first kappa shape index (κ1) is 16.4. The van der Waals surface area contributed by atoms with Crippen molar-refractivity contribution < 1.29 is 19.1 Å². The molecule has 1 saturated carbocycles. The van der Waals surface area contributed by atoms with Crippen LogP contribution in [0.3, 0.4) is 0 Å². The summed E-state index contributed by atoms with van der Waals surface area (Å²) in [5.74, 6) is 0.675. The van der Waals surface area contributed by atoms with Gasteiger partial charge in [-0.3, -0.25) is 4.90 Å². The fourth-order valence-corrected chi connectivity index (χ4v) is 3.52. The SMILES string of the molecule is COC(=O)C1(CCCCl)[C@@H]2C[C@@H]2CN1C(=O)OC(C)(C)C. The number of methoxy groups -OCH3 is 1. The summed E-state index contributed by atoms with van der Waals surface area (Å²) in [4.78, 5) is 26.5. The number of carbonyl (C=O) groups is 2. The number of esters is 1. The van der Waals surface area contributed by atoms with Crippen molar-refractivity contribution in [3.05, 3.63) is 0 Å². The lowest BCUT2D eigenvalue weighted by molar-refractivity contribution is -0.155. The van der Waals surface area contributed by atoms with E-state index in [1.165, 1.54) is 7.11 Å². The van der Waals surface area contributed by atoms with Crippen LogP contribution in [-0.4, -0.2) is 47.6 Å². The van der Waals surface area contributed by atoms with Crippen LogP contribution in [0, 0.1) is 11.8 Å². The lowest BCUT2D eigenvalue weighted by atomic mass is 9.88. The molecule has 120 valence electrons. The number of fused-ring (bicyclic) bond motifs is 1. The number of ether oxygens (including phenoxy) is 2. The number of rotatable bonds is 4. The van der Waals surface area contributed by atoms with Crippen LogP contribution in [-0.2, 0) is 14.3 Å². The highest BCUT2D eigenvalue weighted by Crippen LogP contribution is 2.58. The Hall–Kier alpha value is -0.970. The number of carbonyl (C=O) groups excluding carboxylic acids is 2. The van der Waals surface area contributed by atoms with E-state index in [1.54, 1.807) is 4.90 Å². The summed E-state index contributed by atoms with van der Waals surface area (Å²) in [6.07, 6.45) is 1.73. The molecule has 21 heavy (non-hydrogen) atoms. The van der Waals surface area contributed by atoms with E-state index < -0.39 is 17.2 Å². The minimum absolute atomic E-state index is 0.181. The second-order valence-electron chi connectivity index (χ2n) is 6.90. The van der Waals surface area contributed by atoms with Gasteiger partial charge in [0.25, 0.3) is 0 Å². The summed E-state index contributed by atoms with van der Waals surface area (Å²) in [6, 6.07) is 0. The quantitative estimate of drug-likeness (QED) is 0.591. The van der Waals surface area contributed by atoms with Gasteiger partial charge in [-0.25, -0.2) is 9.59 Å². The molecule has 1 amide bonds. The largest absolute Gasteiger partial charge is 0.467 e. The zero-order chi connectivity index (χ0) is 15.8. The first-order valence-electron chi connectivity index (χ1n) is 7.41. The molecule has 0 aromatic rings. The van der Waals surface area contributed by atoms with Crippen molar-refractivity contribution in [1.82, 2.24) is 4.90 Å². The van der Waals surface area contributed by atoms with E-state index in [0.29, 0.717) is 31.2 Å². The number of amides is 1. The molecule has 1 aliphatic carbocycles. The maximum Gasteiger partial charge on any atom is 0.411 e. The summed E-state index contributed by atoms with van der Waals surface area (Å²) >= 11 is 5.80. The van der Waals surface area contributed by atoms with Crippen molar-refractivity contribution in [1.29, 1.82) is 0 Å². The van der Waals surface area contributed by atoms with Gasteiger partial charge in [0, 0.05) is 12.4 Å². The molecule has 1 aliphatic heterocycles. The van der Waals surface area contributed by atoms with Crippen molar-refractivity contribution in [2.75, 3.05) is 19.5 Å². The summed E-state index contributed by atoms with van der Waals surface area (Å²) in [5.41, 5.74) is -1.48. The second kappa shape index (κ2) is 5.67. The molecule has 0 bridgehead atoms. The van der Waals surface area contributed by atoms with Crippen molar-refractivity contribution in [3.8, 4) is 0 Å². The fraction of sp³-hybridized carbons (Fsp3) is 0.867. The maximum absolute atomic E-state index is 12.5. The van der Waals surface area contributed by atoms with E-state index in [2.05, 4.69) is 0 Å². The number of hydrogen-bond acceptors (Lipinski definition) is 4. The Bertz CT molecular complexity index is 434. The van der Waals surface area contributed by atoms with Crippen LogP contribution >= 0.6 is 11.6 Å². The van der Waals surface area contributed by atoms with Crippen molar-refractivity contribution in [3.63, 3.8) is 0 Å². The molecule has 1 unspecified atom stereocenters. The average Bonchev–Trinajstić information content (AvgIpc) is 3.09. The van der Waals surface area contributed by atoms with Gasteiger partial charge < -0.3 is 9.47 Å². The maximum atomic E-state index is 12.5. The molecular weight excluding hydrogens is 294 g/mol. The van der Waals surface area contributed by atoms with Crippen LogP contribution in [0.4, 0.5) is 4.79 Å². The first-order chi connectivity index (χ1) is 9.76. The van der Waals surface area contributed by atoms with Gasteiger partial charge in [-0.1, -0.05) is 0 Å². The van der Waals surface area contributed by atoms with E-state index in [9.17, 15) is 9.59 Å². The smallest absolute Gasteiger partial charge is 0.411 e. The van der Waals surface area contributed by atoms with Crippen LogP contribution in [0.1, 0.15) is 40.0 Å². The number of alkyl halides is 1. The highest BCUT2D eigenvalue weighted by molar-refractivity contribution is 6.17. The monoisotopic (exact) mass is 317 g/mol. The molecule has 0 aromatic carbocycles. The van der Waals surface area contributed by atoms with E-state index >= 15 is 0 Å². The predicted octanol–water partition coefficient (Wildman–Crippen LogP) is 2.80. The van der Waals surface area contributed by atoms with Gasteiger partial charge >= 0.3 is 12.1 Å². The third kappa shape index (κ3) is 2.98. The fourth-order valence-electron chi connectivity index (χ4n) is 3.38. The number of likely N-dealkylation sites (tertiary alicyclic amines) is 1. The summed E-state index contributed by atoms with van der Waals surface area (Å²) in [5, 5.41) is 0. The molecule has 0 spiro atoms. The topological polar surface area (TPSA) is 55.8 Å². The Kier molecular flexibility index (Phi) is 4.43. The summed E-state index contributed by atoms with van der Waals surface area (Å²) < 4.78 is 10.5. The molecule has 0 N–H and O–H groups in total. The van der Waals surface area contributed by atoms with E-state index in [1.807, 2.05) is 20.8 Å². The summed E-state index contributed by atoms with van der Waals surface area (Å²) in [7, 11) is 1.37. The Morgan fingerprint density at radius 3 is 2.57 bits per heavy atom. The number of piperidine rings is 1. The zero-order valence-electron chi connectivity index (χ0n) is 13.1. The van der Waals surface area contributed by atoms with Gasteiger partial charge in [-0.15, -0.1) is 11.6 Å². The first-order valence-corrected chi connectivity index (χ1v) is 7.94. The van der Waals surface area contributed by atoms with Crippen molar-refractivity contribution in [2.45, 2.75) is 51.2 Å². The lowest BCUT2D eigenvalue weighted by Crippen LogP contribution is -2.57. The van der Waals surface area contributed by atoms with Crippen LogP contribution in [0.5, 0.6) is 0 Å². The van der Waals surface area contributed by atoms with Crippen molar-refractivity contribution >= 4 is 23.7 Å². The Morgan fingerprint density at radius 1 is 1.38 bits per heavy atom. The molecular formula is C15H24ClNO4. The molecule has 1 heterocycles. The molecule has 6 heteroatoms. The van der Waals surface area contributed by atoms with Gasteiger partial charge in [-0.05, 0) is 51.9 Å². The third-order valence-electron chi connectivity index (χ3n) is 4.28. The molecule has 3 atom stereocenters. The van der Waals surface area contributed by atoms with Crippen LogP contribution in [0.25, 0.3) is 0 Å². The minimum atomic E-state index is -0.892. The van der Waals surface area contributed by atoms with E-state index in [-0.39, 0.29) is 11.9 Å². The van der Waals surface area contributed by atoms with Gasteiger partial charge in [0.1, 0.15) is 11.1 Å². The number of hydrogen-bond donors (Lipinski definition) is 0. The Morgan fingerprint density at radius 2 is 2.05 bits per heavy atom. The van der Waals surface area contributed by atoms with Crippen LogP contribution in [0.15, 0.2) is 0 Å². The van der Waals surface area contributed by atoms with E-state index in [0.717, 1.165) is 6.42 Å². The highest BCUT2D eigenvalue weighted by Gasteiger charge is 2.68.